The van der Waals surface area contributed by atoms with Crippen molar-refractivity contribution in [2.75, 3.05) is 13.2 Å². The standard InChI is InChI=1S/C23H27NO5.C2H5O/c1-2-14-7-9-15(10-8-14)11-16-12-24(18-6-4-3-5-17(16)18)23-22(28)21(27)20(26)19(13-25)29-23;1-2-3/h3-10,12,19-23,25-28H,2,11,13H2,1H3;2H2,1H3/q;-1/t19-,20-,21+,22-,23+;/m1./s1. The zero-order valence-electron chi connectivity index (χ0n) is 18.5. The second kappa shape index (κ2) is 11.0. The average molecular weight is 443 g/mol. The summed E-state index contributed by atoms with van der Waals surface area (Å²) in [5.41, 5.74) is 4.40. The number of rotatable bonds is 5. The molecule has 4 rings (SSSR count). The minimum Gasteiger partial charge on any atom is -0.855 e. The molecule has 0 spiro atoms. The van der Waals surface area contributed by atoms with Gasteiger partial charge in [0.25, 0.3) is 0 Å². The Hall–Kier alpha value is -2.26. The summed E-state index contributed by atoms with van der Waals surface area (Å²) >= 11 is 0. The Morgan fingerprint density at radius 3 is 2.16 bits per heavy atom. The number of aryl methyl sites for hydroxylation is 1. The molecule has 1 fully saturated rings. The number of fused-ring (bicyclic) bond motifs is 1. The van der Waals surface area contributed by atoms with Crippen LogP contribution in [0, 0.1) is 0 Å². The highest BCUT2D eigenvalue weighted by molar-refractivity contribution is 5.84. The van der Waals surface area contributed by atoms with E-state index in [1.165, 1.54) is 11.1 Å². The zero-order valence-corrected chi connectivity index (χ0v) is 18.5. The molecular weight excluding hydrogens is 410 g/mol. The van der Waals surface area contributed by atoms with E-state index in [1.807, 2.05) is 30.5 Å². The monoisotopic (exact) mass is 442 g/mol. The van der Waals surface area contributed by atoms with Gasteiger partial charge in [-0.3, -0.25) is 0 Å². The van der Waals surface area contributed by atoms with E-state index < -0.39 is 37.3 Å². The third-order valence-electron chi connectivity index (χ3n) is 5.79. The van der Waals surface area contributed by atoms with Crippen LogP contribution in [-0.4, -0.2) is 62.6 Å². The van der Waals surface area contributed by atoms with Crippen molar-refractivity contribution in [1.82, 2.24) is 4.57 Å². The average Bonchev–Trinajstić information content (AvgIpc) is 3.17. The number of hydrogen-bond donors (Lipinski definition) is 4. The number of aliphatic hydroxyl groups is 4. The van der Waals surface area contributed by atoms with Gasteiger partial charge in [-0.2, -0.15) is 0 Å². The number of aliphatic hydroxyl groups excluding tert-OH is 4. The fourth-order valence-electron chi connectivity index (χ4n) is 4.05. The first-order valence-corrected chi connectivity index (χ1v) is 11.0. The third kappa shape index (κ3) is 5.04. The van der Waals surface area contributed by atoms with Gasteiger partial charge in [-0.05, 0) is 35.6 Å². The Kier molecular flexibility index (Phi) is 8.42. The third-order valence-corrected chi connectivity index (χ3v) is 5.79. The van der Waals surface area contributed by atoms with Gasteiger partial charge in [0, 0.05) is 11.6 Å². The van der Waals surface area contributed by atoms with E-state index in [0.29, 0.717) is 0 Å². The Balaban J connectivity index is 0.000000913. The molecule has 1 saturated heterocycles. The van der Waals surface area contributed by atoms with Gasteiger partial charge in [0.15, 0.2) is 6.23 Å². The maximum atomic E-state index is 10.6. The summed E-state index contributed by atoms with van der Waals surface area (Å²) in [7, 11) is 0. The van der Waals surface area contributed by atoms with Crippen molar-refractivity contribution < 1.29 is 30.3 Å². The smallest absolute Gasteiger partial charge is 0.163 e. The van der Waals surface area contributed by atoms with E-state index in [-0.39, 0.29) is 6.61 Å². The van der Waals surface area contributed by atoms with E-state index in [4.69, 9.17) is 9.84 Å². The van der Waals surface area contributed by atoms with Crippen molar-refractivity contribution in [2.45, 2.75) is 57.3 Å². The van der Waals surface area contributed by atoms with Crippen LogP contribution in [0.15, 0.2) is 54.7 Å². The molecule has 7 heteroatoms. The Labute approximate surface area is 188 Å². The maximum absolute atomic E-state index is 10.6. The molecule has 174 valence electrons. The van der Waals surface area contributed by atoms with Crippen molar-refractivity contribution in [3.63, 3.8) is 0 Å². The van der Waals surface area contributed by atoms with E-state index in [9.17, 15) is 20.4 Å². The van der Waals surface area contributed by atoms with Crippen LogP contribution >= 0.6 is 0 Å². The largest absolute Gasteiger partial charge is 0.855 e. The molecular formula is C25H32NO6-. The summed E-state index contributed by atoms with van der Waals surface area (Å²) in [6.45, 7) is 3.25. The number of aromatic nitrogens is 1. The number of nitrogens with zero attached hydrogens (tertiary/aromatic N) is 1. The molecule has 1 aliphatic rings. The molecule has 0 amide bonds. The van der Waals surface area contributed by atoms with E-state index in [0.717, 1.165) is 29.3 Å². The highest BCUT2D eigenvalue weighted by atomic mass is 16.6. The summed E-state index contributed by atoms with van der Waals surface area (Å²) in [5.74, 6) is 0. The molecule has 5 atom stereocenters. The summed E-state index contributed by atoms with van der Waals surface area (Å²) < 4.78 is 7.56. The molecule has 4 N–H and O–H groups in total. The topological polar surface area (TPSA) is 118 Å². The molecule has 7 nitrogen and oxygen atoms in total. The fraction of sp³-hybridized carbons (Fsp3) is 0.440. The summed E-state index contributed by atoms with van der Waals surface area (Å²) in [4.78, 5) is 0. The lowest BCUT2D eigenvalue weighted by Crippen LogP contribution is -2.56. The lowest BCUT2D eigenvalue weighted by Gasteiger charge is -2.40. The first kappa shape index (κ1) is 24.4. The highest BCUT2D eigenvalue weighted by Gasteiger charge is 2.44. The molecule has 0 bridgehead atoms. The van der Waals surface area contributed by atoms with Crippen molar-refractivity contribution in [3.05, 3.63) is 71.4 Å². The van der Waals surface area contributed by atoms with Crippen molar-refractivity contribution in [3.8, 4) is 0 Å². The van der Waals surface area contributed by atoms with Gasteiger partial charge in [0.05, 0.1) is 12.1 Å². The molecule has 1 aromatic heterocycles. The van der Waals surface area contributed by atoms with E-state index >= 15 is 0 Å². The van der Waals surface area contributed by atoms with Gasteiger partial charge in [-0.15, -0.1) is 6.61 Å². The zero-order chi connectivity index (χ0) is 23.3. The second-order valence-corrected chi connectivity index (χ2v) is 7.93. The van der Waals surface area contributed by atoms with Gasteiger partial charge in [-0.25, -0.2) is 0 Å². The number of para-hydroxylation sites is 1. The molecule has 1 aliphatic heterocycles. The van der Waals surface area contributed by atoms with Crippen LogP contribution in [0.3, 0.4) is 0 Å². The molecule has 2 heterocycles. The second-order valence-electron chi connectivity index (χ2n) is 7.93. The molecule has 0 aliphatic carbocycles. The van der Waals surface area contributed by atoms with Crippen molar-refractivity contribution >= 4 is 10.9 Å². The minimum absolute atomic E-state index is 0. The first-order valence-electron chi connectivity index (χ1n) is 11.0. The van der Waals surface area contributed by atoms with Gasteiger partial charge in [0.2, 0.25) is 0 Å². The van der Waals surface area contributed by atoms with Crippen LogP contribution in [-0.2, 0) is 17.6 Å². The predicted molar refractivity (Wildman–Crippen MR) is 120 cm³/mol. The Bertz CT molecular complexity index is 984. The quantitative estimate of drug-likeness (QED) is 0.471. The molecule has 3 aromatic rings. The van der Waals surface area contributed by atoms with Crippen molar-refractivity contribution in [2.24, 2.45) is 0 Å². The molecule has 0 radical (unpaired) electrons. The number of ether oxygens (including phenoxy) is 1. The number of benzene rings is 2. The van der Waals surface area contributed by atoms with Crippen LogP contribution < -0.4 is 5.11 Å². The van der Waals surface area contributed by atoms with E-state index in [1.54, 1.807) is 11.5 Å². The van der Waals surface area contributed by atoms with Crippen LogP contribution in [0.25, 0.3) is 10.9 Å². The molecule has 2 aromatic carbocycles. The lowest BCUT2D eigenvalue weighted by atomic mass is 9.98. The van der Waals surface area contributed by atoms with Gasteiger partial charge in [-0.1, -0.05) is 56.3 Å². The van der Waals surface area contributed by atoms with Crippen LogP contribution in [0.4, 0.5) is 0 Å². The molecule has 0 saturated carbocycles. The normalized spacial score (nSPS) is 25.4. The van der Waals surface area contributed by atoms with Crippen LogP contribution in [0.1, 0.15) is 36.8 Å². The summed E-state index contributed by atoms with van der Waals surface area (Å²) in [5, 5.41) is 50.3. The van der Waals surface area contributed by atoms with Gasteiger partial charge in [0.1, 0.15) is 24.4 Å². The minimum atomic E-state index is -1.41. The highest BCUT2D eigenvalue weighted by Crippen LogP contribution is 2.33. The van der Waals surface area contributed by atoms with Gasteiger partial charge >= 0.3 is 0 Å². The predicted octanol–water partition coefficient (Wildman–Crippen LogP) is 1.13. The fourth-order valence-corrected chi connectivity index (χ4v) is 4.05. The number of hydrogen-bond acceptors (Lipinski definition) is 6. The first-order chi connectivity index (χ1) is 15.4. The van der Waals surface area contributed by atoms with Crippen LogP contribution in [0.5, 0.6) is 0 Å². The maximum Gasteiger partial charge on any atom is 0.163 e. The molecule has 32 heavy (non-hydrogen) atoms. The Morgan fingerprint density at radius 2 is 1.53 bits per heavy atom. The van der Waals surface area contributed by atoms with E-state index in [2.05, 4.69) is 31.2 Å². The van der Waals surface area contributed by atoms with Crippen molar-refractivity contribution in [1.29, 1.82) is 0 Å². The SMILES string of the molecule is CC[O-].CCc1ccc(Cc2cn([C@H]3O[C@H](CO)[C@@H](O)[C@H](O)[C@H]3O)c3ccccc23)cc1. The van der Waals surface area contributed by atoms with Gasteiger partial charge < -0.3 is 34.8 Å². The summed E-state index contributed by atoms with van der Waals surface area (Å²) in [6, 6.07) is 16.3. The lowest BCUT2D eigenvalue weighted by molar-refractivity contribution is -0.361. The molecule has 0 unspecified atom stereocenters. The summed E-state index contributed by atoms with van der Waals surface area (Å²) in [6.07, 6.45) is -2.31. The van der Waals surface area contributed by atoms with Crippen LogP contribution in [0.2, 0.25) is 0 Å². The Morgan fingerprint density at radius 1 is 0.906 bits per heavy atom.